The second-order valence-corrected chi connectivity index (χ2v) is 2.27. The smallest absolute Gasteiger partial charge is 0.259 e. The standard InChI is InChI=1S/C4H5Cl2NO2/c1-2-3(4(5)6)7(8)9/h2H2,1H3. The summed E-state index contributed by atoms with van der Waals surface area (Å²) in [6, 6.07) is 0. The summed E-state index contributed by atoms with van der Waals surface area (Å²) >= 11 is 10.3. The van der Waals surface area contributed by atoms with Gasteiger partial charge >= 0.3 is 0 Å². The van der Waals surface area contributed by atoms with Crippen molar-refractivity contribution in [3.63, 3.8) is 0 Å². The minimum atomic E-state index is -0.588. The second-order valence-electron chi connectivity index (χ2n) is 1.32. The zero-order valence-electron chi connectivity index (χ0n) is 4.73. The van der Waals surface area contributed by atoms with Crippen LogP contribution in [0.2, 0.25) is 0 Å². The predicted octanol–water partition coefficient (Wildman–Crippen LogP) is 2.32. The van der Waals surface area contributed by atoms with Crippen molar-refractivity contribution < 1.29 is 4.92 Å². The third kappa shape index (κ3) is 2.67. The van der Waals surface area contributed by atoms with Gasteiger partial charge in [-0.05, 0) is 0 Å². The van der Waals surface area contributed by atoms with E-state index in [0.29, 0.717) is 0 Å². The molecule has 0 atom stereocenters. The number of nitro groups is 1. The quantitative estimate of drug-likeness (QED) is 0.471. The van der Waals surface area contributed by atoms with Gasteiger partial charge in [0, 0.05) is 6.42 Å². The Morgan fingerprint density at radius 2 is 2.11 bits per heavy atom. The first-order valence-electron chi connectivity index (χ1n) is 2.28. The lowest BCUT2D eigenvalue weighted by atomic mass is 10.4. The molecule has 0 aromatic carbocycles. The van der Waals surface area contributed by atoms with Crippen molar-refractivity contribution in [2.24, 2.45) is 0 Å². The van der Waals surface area contributed by atoms with Gasteiger partial charge in [0.2, 0.25) is 0 Å². The van der Waals surface area contributed by atoms with E-state index in [4.69, 9.17) is 23.2 Å². The first-order chi connectivity index (χ1) is 4.09. The highest BCUT2D eigenvalue weighted by molar-refractivity contribution is 6.56. The van der Waals surface area contributed by atoms with Gasteiger partial charge in [-0.2, -0.15) is 0 Å². The summed E-state index contributed by atoms with van der Waals surface area (Å²) in [5, 5.41) is 9.95. The maximum Gasteiger partial charge on any atom is 0.275 e. The summed E-state index contributed by atoms with van der Waals surface area (Å²) in [6.45, 7) is 1.61. The molecule has 0 rings (SSSR count). The van der Waals surface area contributed by atoms with Gasteiger partial charge in [-0.15, -0.1) is 0 Å². The fourth-order valence-corrected chi connectivity index (χ4v) is 0.737. The molecule has 0 N–H and O–H groups in total. The van der Waals surface area contributed by atoms with E-state index in [1.807, 2.05) is 0 Å². The van der Waals surface area contributed by atoms with Crippen LogP contribution in [0, 0.1) is 10.1 Å². The average Bonchev–Trinajstić information content (AvgIpc) is 1.64. The Hall–Kier alpha value is -0.280. The van der Waals surface area contributed by atoms with Crippen molar-refractivity contribution in [3.05, 3.63) is 20.3 Å². The summed E-state index contributed by atoms with van der Waals surface area (Å²) < 4.78 is -0.262. The highest BCUT2D eigenvalue weighted by Gasteiger charge is 2.11. The second kappa shape index (κ2) is 3.69. The molecule has 0 aromatic heterocycles. The lowest BCUT2D eigenvalue weighted by Gasteiger charge is -1.90. The molecular formula is C4H5Cl2NO2. The molecule has 0 fully saturated rings. The topological polar surface area (TPSA) is 43.1 Å². The van der Waals surface area contributed by atoms with Crippen molar-refractivity contribution in [1.82, 2.24) is 0 Å². The molecule has 0 heterocycles. The van der Waals surface area contributed by atoms with Crippen molar-refractivity contribution in [2.75, 3.05) is 0 Å². The normalized spacial score (nSPS) is 8.78. The minimum Gasteiger partial charge on any atom is -0.259 e. The molecule has 0 radical (unpaired) electrons. The van der Waals surface area contributed by atoms with E-state index in [1.165, 1.54) is 0 Å². The van der Waals surface area contributed by atoms with Crippen LogP contribution in [0.15, 0.2) is 10.2 Å². The van der Waals surface area contributed by atoms with Crippen LogP contribution >= 0.6 is 23.2 Å². The Morgan fingerprint density at radius 3 is 2.11 bits per heavy atom. The number of rotatable bonds is 2. The lowest BCUT2D eigenvalue weighted by Crippen LogP contribution is -1.96. The Labute approximate surface area is 62.4 Å². The third-order valence-corrected chi connectivity index (χ3v) is 1.21. The van der Waals surface area contributed by atoms with Gasteiger partial charge in [-0.1, -0.05) is 30.1 Å². The largest absolute Gasteiger partial charge is 0.275 e. The van der Waals surface area contributed by atoms with Crippen LogP contribution in [0.1, 0.15) is 13.3 Å². The number of hydrogen-bond donors (Lipinski definition) is 0. The molecule has 0 spiro atoms. The maximum atomic E-state index is 9.95. The highest BCUT2D eigenvalue weighted by atomic mass is 35.5. The van der Waals surface area contributed by atoms with E-state index in [2.05, 4.69) is 0 Å². The van der Waals surface area contributed by atoms with Crippen LogP contribution in [-0.4, -0.2) is 4.92 Å². The van der Waals surface area contributed by atoms with Gasteiger partial charge in [0.25, 0.3) is 5.70 Å². The number of nitrogens with zero attached hydrogens (tertiary/aromatic N) is 1. The summed E-state index contributed by atoms with van der Waals surface area (Å²) in [6.07, 6.45) is 0.245. The van der Waals surface area contributed by atoms with Gasteiger partial charge in [0.1, 0.15) is 0 Å². The highest BCUT2D eigenvalue weighted by Crippen LogP contribution is 2.16. The summed E-state index contributed by atoms with van der Waals surface area (Å²) in [7, 11) is 0. The molecule has 0 saturated heterocycles. The van der Waals surface area contributed by atoms with Crippen LogP contribution in [0.5, 0.6) is 0 Å². The van der Waals surface area contributed by atoms with Crippen LogP contribution in [0.4, 0.5) is 0 Å². The zero-order chi connectivity index (χ0) is 7.44. The van der Waals surface area contributed by atoms with E-state index >= 15 is 0 Å². The summed E-state index contributed by atoms with van der Waals surface area (Å²) in [4.78, 5) is 9.36. The third-order valence-electron chi connectivity index (χ3n) is 0.773. The molecule has 52 valence electrons. The molecule has 0 amide bonds. The Kier molecular flexibility index (Phi) is 3.58. The Balaban J connectivity index is 4.35. The Bertz CT molecular complexity index is 151. The van der Waals surface area contributed by atoms with Crippen molar-refractivity contribution in [3.8, 4) is 0 Å². The van der Waals surface area contributed by atoms with E-state index in [1.54, 1.807) is 6.92 Å². The number of allylic oxidation sites excluding steroid dienone is 1. The monoisotopic (exact) mass is 169 g/mol. The molecule has 3 nitrogen and oxygen atoms in total. The predicted molar refractivity (Wildman–Crippen MR) is 36.0 cm³/mol. The van der Waals surface area contributed by atoms with Crippen LogP contribution in [0.25, 0.3) is 0 Å². The average molecular weight is 170 g/mol. The Morgan fingerprint density at radius 1 is 1.67 bits per heavy atom. The summed E-state index contributed by atoms with van der Waals surface area (Å²) in [5.74, 6) is 0. The van der Waals surface area contributed by atoms with Crippen LogP contribution in [0.3, 0.4) is 0 Å². The maximum absolute atomic E-state index is 9.95. The van der Waals surface area contributed by atoms with Gasteiger partial charge in [0.05, 0.1) is 4.92 Å². The molecule has 0 unspecified atom stereocenters. The molecule has 5 heteroatoms. The van der Waals surface area contributed by atoms with Crippen molar-refractivity contribution >= 4 is 23.2 Å². The first-order valence-corrected chi connectivity index (χ1v) is 3.03. The minimum absolute atomic E-state index is 0.140. The first kappa shape index (κ1) is 8.72. The van der Waals surface area contributed by atoms with Gasteiger partial charge in [-0.3, -0.25) is 10.1 Å². The van der Waals surface area contributed by atoms with Gasteiger partial charge < -0.3 is 0 Å². The number of hydrogen-bond acceptors (Lipinski definition) is 2. The molecule has 0 aromatic rings. The molecular weight excluding hydrogens is 165 g/mol. The zero-order valence-corrected chi connectivity index (χ0v) is 6.24. The number of halogens is 2. The van der Waals surface area contributed by atoms with E-state index in [9.17, 15) is 10.1 Å². The molecule has 0 aliphatic heterocycles. The fraction of sp³-hybridized carbons (Fsp3) is 0.500. The SMILES string of the molecule is CCC(=C(Cl)Cl)[N+](=O)[O-]. The van der Waals surface area contributed by atoms with Gasteiger partial charge in [0.15, 0.2) is 4.49 Å². The van der Waals surface area contributed by atoms with Crippen LogP contribution in [-0.2, 0) is 0 Å². The molecule has 0 aliphatic rings. The van der Waals surface area contributed by atoms with Crippen molar-refractivity contribution in [1.29, 1.82) is 0 Å². The lowest BCUT2D eigenvalue weighted by molar-refractivity contribution is -0.427. The summed E-state index contributed by atoms with van der Waals surface area (Å²) in [5.41, 5.74) is -0.140. The molecule has 9 heavy (non-hydrogen) atoms. The van der Waals surface area contributed by atoms with E-state index in [0.717, 1.165) is 0 Å². The van der Waals surface area contributed by atoms with Crippen molar-refractivity contribution in [2.45, 2.75) is 13.3 Å². The van der Waals surface area contributed by atoms with E-state index in [-0.39, 0.29) is 16.6 Å². The molecule has 0 bridgehead atoms. The van der Waals surface area contributed by atoms with Gasteiger partial charge in [-0.25, -0.2) is 0 Å². The fourth-order valence-electron chi connectivity index (χ4n) is 0.332. The molecule has 0 aliphatic carbocycles. The molecule has 0 saturated carbocycles. The van der Waals surface area contributed by atoms with E-state index < -0.39 is 4.92 Å². The van der Waals surface area contributed by atoms with Crippen LogP contribution < -0.4 is 0 Å².